The van der Waals surface area contributed by atoms with Crippen LogP contribution in [-0.4, -0.2) is 51.7 Å². The van der Waals surface area contributed by atoms with Gasteiger partial charge in [-0.15, -0.1) is 0 Å². The van der Waals surface area contributed by atoms with E-state index < -0.39 is 17.9 Å². The number of pyridine rings is 2. The molecule has 39 heavy (non-hydrogen) atoms. The molecule has 0 bridgehead atoms. The predicted octanol–water partition coefficient (Wildman–Crippen LogP) is 1.40. The third-order valence-corrected chi connectivity index (χ3v) is 8.37. The number of nitrogens with two attached hydrogens (primary N) is 1. The molecule has 4 heterocycles. The van der Waals surface area contributed by atoms with Crippen LogP contribution in [0.1, 0.15) is 59.2 Å². The number of aliphatic hydroxyl groups is 2. The Kier molecular flexibility index (Phi) is 6.31. The number of nitrogens with one attached hydrogen (secondary N) is 1. The Bertz CT molecular complexity index is 1590. The first-order valence-corrected chi connectivity index (χ1v) is 13.2. The lowest BCUT2D eigenvalue weighted by Gasteiger charge is -2.37. The number of halogens is 1. The second-order valence-electron chi connectivity index (χ2n) is 10.5. The summed E-state index contributed by atoms with van der Waals surface area (Å²) in [6.45, 7) is 3.95. The summed E-state index contributed by atoms with van der Waals surface area (Å²) in [6, 6.07) is 2.69. The van der Waals surface area contributed by atoms with Crippen LogP contribution in [-0.2, 0) is 39.4 Å². The lowest BCUT2D eigenvalue weighted by Crippen LogP contribution is -2.47. The summed E-state index contributed by atoms with van der Waals surface area (Å²) >= 11 is 0. The zero-order valence-electron chi connectivity index (χ0n) is 21.8. The minimum Gasteiger partial charge on any atom is -0.380 e. The molecule has 5 N–H and O–H groups in total. The number of amides is 1. The summed E-state index contributed by atoms with van der Waals surface area (Å²) in [5.41, 5.74) is 8.33. The average molecular weight is 539 g/mol. The molecule has 11 heteroatoms. The van der Waals surface area contributed by atoms with Gasteiger partial charge in [-0.3, -0.25) is 9.59 Å². The molecule has 3 aromatic rings. The average Bonchev–Trinajstić information content (AvgIpc) is 3.29. The van der Waals surface area contributed by atoms with Gasteiger partial charge < -0.3 is 35.3 Å². The molecule has 3 aliphatic rings. The van der Waals surface area contributed by atoms with E-state index in [0.29, 0.717) is 47.4 Å². The van der Waals surface area contributed by atoms with Gasteiger partial charge in [0.1, 0.15) is 18.0 Å². The number of aryl methyl sites for hydroxylation is 1. The molecule has 0 saturated heterocycles. The summed E-state index contributed by atoms with van der Waals surface area (Å²) in [5.74, 6) is -0.660. The van der Waals surface area contributed by atoms with Crippen molar-refractivity contribution in [2.75, 3.05) is 19.8 Å². The van der Waals surface area contributed by atoms with E-state index in [1.165, 1.54) is 6.07 Å². The maximum Gasteiger partial charge on any atom is 0.257 e. The smallest absolute Gasteiger partial charge is 0.257 e. The van der Waals surface area contributed by atoms with E-state index in [9.17, 15) is 24.2 Å². The summed E-state index contributed by atoms with van der Waals surface area (Å²) in [7, 11) is 0. The number of aromatic nitrogens is 2. The van der Waals surface area contributed by atoms with Crippen LogP contribution in [0.5, 0.6) is 0 Å². The molecule has 206 valence electrons. The first-order chi connectivity index (χ1) is 18.7. The van der Waals surface area contributed by atoms with Gasteiger partial charge in [0.2, 0.25) is 5.91 Å². The van der Waals surface area contributed by atoms with Crippen molar-refractivity contribution in [2.45, 2.75) is 64.2 Å². The number of aliphatic hydroxyl groups excluding tert-OH is 1. The van der Waals surface area contributed by atoms with Crippen molar-refractivity contribution in [3.8, 4) is 11.4 Å². The van der Waals surface area contributed by atoms with Gasteiger partial charge in [-0.25, -0.2) is 9.37 Å². The van der Waals surface area contributed by atoms with Crippen LogP contribution in [0, 0.1) is 12.7 Å². The van der Waals surface area contributed by atoms with Crippen LogP contribution in [0.15, 0.2) is 16.9 Å². The molecular weight excluding hydrogens is 507 g/mol. The molecule has 3 atom stereocenters. The molecule has 0 spiro atoms. The molecule has 1 unspecified atom stereocenters. The van der Waals surface area contributed by atoms with Crippen molar-refractivity contribution < 1.29 is 28.9 Å². The first kappa shape index (κ1) is 26.0. The monoisotopic (exact) mass is 538 g/mol. The Morgan fingerprint density at radius 3 is 2.90 bits per heavy atom. The van der Waals surface area contributed by atoms with E-state index in [2.05, 4.69) is 5.32 Å². The number of carbonyl (C=O) groups excluding carboxylic acids is 1. The quantitative estimate of drug-likeness (QED) is 0.269. The number of hydrogen-bond donors (Lipinski definition) is 4. The number of rotatable bonds is 6. The van der Waals surface area contributed by atoms with Crippen molar-refractivity contribution >= 4 is 16.8 Å². The Morgan fingerprint density at radius 1 is 1.36 bits per heavy atom. The van der Waals surface area contributed by atoms with E-state index in [0.717, 1.165) is 22.1 Å². The van der Waals surface area contributed by atoms with Gasteiger partial charge in [0.25, 0.3) is 5.56 Å². The van der Waals surface area contributed by atoms with Crippen LogP contribution in [0.25, 0.3) is 22.3 Å². The maximum atomic E-state index is 15.0. The summed E-state index contributed by atoms with van der Waals surface area (Å²) < 4.78 is 27.2. The first-order valence-electron chi connectivity index (χ1n) is 13.2. The zero-order chi connectivity index (χ0) is 27.6. The highest BCUT2D eigenvalue weighted by molar-refractivity contribution is 5.93. The number of benzene rings is 1. The van der Waals surface area contributed by atoms with Crippen LogP contribution in [0.3, 0.4) is 0 Å². The lowest BCUT2D eigenvalue weighted by molar-refractivity contribution is -0.236. The number of hydrogen-bond acceptors (Lipinski definition) is 8. The van der Waals surface area contributed by atoms with Crippen LogP contribution >= 0.6 is 0 Å². The van der Waals surface area contributed by atoms with Crippen LogP contribution in [0.4, 0.5) is 4.39 Å². The summed E-state index contributed by atoms with van der Waals surface area (Å²) in [5, 5.41) is 25.5. The van der Waals surface area contributed by atoms with Crippen molar-refractivity contribution in [3.05, 3.63) is 61.7 Å². The fourth-order valence-corrected chi connectivity index (χ4v) is 6.30. The van der Waals surface area contributed by atoms with Crippen LogP contribution in [0.2, 0.25) is 0 Å². The van der Waals surface area contributed by atoms with Gasteiger partial charge in [0.05, 0.1) is 42.7 Å². The number of nitrogens with zero attached hydrogens (tertiary/aromatic N) is 2. The number of carbonyl (C=O) groups is 1. The highest BCUT2D eigenvalue weighted by Crippen LogP contribution is 2.46. The topological polar surface area (TPSA) is 149 Å². The molecule has 0 radical (unpaired) electrons. The Balaban J connectivity index is 1.56. The van der Waals surface area contributed by atoms with Gasteiger partial charge in [-0.05, 0) is 48.9 Å². The molecule has 0 fully saturated rings. The molecule has 0 saturated carbocycles. The summed E-state index contributed by atoms with van der Waals surface area (Å²) in [4.78, 5) is 31.3. The second kappa shape index (κ2) is 9.46. The van der Waals surface area contributed by atoms with E-state index in [1.54, 1.807) is 24.5 Å². The Morgan fingerprint density at radius 2 is 2.15 bits per heavy atom. The molecule has 1 aromatic carbocycles. The van der Waals surface area contributed by atoms with Crippen molar-refractivity contribution in [3.63, 3.8) is 0 Å². The SMILES string of the molecule is CC[C@]1(O)c2cc3n(c(=O)c2COC1O)Cc1c-3nc2cc(F)c(C)c3c2c1[C@@H](NC(=O)COCCN)CC3. The predicted molar refractivity (Wildman–Crippen MR) is 139 cm³/mol. The van der Waals surface area contributed by atoms with E-state index in [1.807, 2.05) is 0 Å². The van der Waals surface area contributed by atoms with Crippen LogP contribution < -0.4 is 16.6 Å². The normalized spacial score (nSPS) is 22.9. The van der Waals surface area contributed by atoms with E-state index in [-0.39, 0.29) is 55.6 Å². The van der Waals surface area contributed by atoms with E-state index in [4.69, 9.17) is 20.2 Å². The van der Waals surface area contributed by atoms with Gasteiger partial charge in [-0.1, -0.05) is 6.92 Å². The van der Waals surface area contributed by atoms with Crippen molar-refractivity contribution in [2.24, 2.45) is 5.73 Å². The molecule has 2 aliphatic heterocycles. The van der Waals surface area contributed by atoms with Gasteiger partial charge >= 0.3 is 0 Å². The molecule has 6 rings (SSSR count). The van der Waals surface area contributed by atoms with Crippen molar-refractivity contribution in [1.29, 1.82) is 0 Å². The Hall–Kier alpha value is -3.22. The van der Waals surface area contributed by atoms with Gasteiger partial charge in [0, 0.05) is 34.7 Å². The lowest BCUT2D eigenvalue weighted by atomic mass is 9.81. The van der Waals surface area contributed by atoms with Gasteiger partial charge in [-0.2, -0.15) is 0 Å². The zero-order valence-corrected chi connectivity index (χ0v) is 21.8. The molecule has 10 nitrogen and oxygen atoms in total. The molecule has 1 aliphatic carbocycles. The summed E-state index contributed by atoms with van der Waals surface area (Å²) in [6.07, 6.45) is -0.253. The minimum atomic E-state index is -1.76. The highest BCUT2D eigenvalue weighted by atomic mass is 19.1. The number of fused-ring (bicyclic) bond motifs is 5. The molecule has 1 amide bonds. The number of ether oxygens (including phenoxy) is 2. The Labute approximate surface area is 223 Å². The molecule has 2 aromatic heterocycles. The van der Waals surface area contributed by atoms with Gasteiger partial charge in [0.15, 0.2) is 6.29 Å². The van der Waals surface area contributed by atoms with E-state index >= 15 is 0 Å². The second-order valence-corrected chi connectivity index (χ2v) is 10.5. The highest BCUT2D eigenvalue weighted by Gasteiger charge is 2.45. The third-order valence-electron chi connectivity index (χ3n) is 8.37. The third kappa shape index (κ3) is 3.83. The largest absolute Gasteiger partial charge is 0.380 e. The fourth-order valence-electron chi connectivity index (χ4n) is 6.30. The molecular formula is C28H31FN4O6. The fraction of sp³-hybridized carbons (Fsp3) is 0.464. The van der Waals surface area contributed by atoms with Crippen molar-refractivity contribution in [1.82, 2.24) is 14.9 Å². The minimum absolute atomic E-state index is 0.126. The standard InChI is InChI=1S/C28H31FN4O6/c1-3-28(37)17-8-21-25-15(10-33(21)26(35)16(17)11-39-27(28)36)24-19(31-22(34)12-38-7-6-30)5-4-14-13(2)18(29)9-20(32-25)23(14)24/h8-9,19,27,36-37H,3-7,10-12,30H2,1-2H3,(H,31,34)/t19-,27?,28-/m0/s1. The maximum absolute atomic E-state index is 15.0.